The summed E-state index contributed by atoms with van der Waals surface area (Å²) in [5, 5.41) is 0. The van der Waals surface area contributed by atoms with Crippen molar-refractivity contribution in [1.82, 2.24) is 0 Å². The van der Waals surface area contributed by atoms with Crippen LogP contribution in [0.5, 0.6) is 0 Å². The van der Waals surface area contributed by atoms with Crippen LogP contribution in [0.15, 0.2) is 0 Å². The highest BCUT2D eigenvalue weighted by molar-refractivity contribution is 6.46. The van der Waals surface area contributed by atoms with Gasteiger partial charge in [0.1, 0.15) is 0 Å². The molecule has 2 aliphatic rings. The van der Waals surface area contributed by atoms with E-state index in [9.17, 15) is 0 Å². The molecule has 2 nitrogen and oxygen atoms in total. The predicted octanol–water partition coefficient (Wildman–Crippen LogP) is 1.20. The van der Waals surface area contributed by atoms with Gasteiger partial charge >= 0.3 is 9.28 Å². The molecule has 0 unspecified atom stereocenters. The van der Waals surface area contributed by atoms with Gasteiger partial charge in [-0.05, 0) is 31.2 Å². The number of rotatable bonds is 0. The van der Waals surface area contributed by atoms with E-state index in [0.717, 1.165) is 18.8 Å². The van der Waals surface area contributed by atoms with Gasteiger partial charge in [0.25, 0.3) is 0 Å². The second-order valence-corrected chi connectivity index (χ2v) is 5.50. The third-order valence-electron chi connectivity index (χ3n) is 2.39. The summed E-state index contributed by atoms with van der Waals surface area (Å²) in [4.78, 5) is 0. The van der Waals surface area contributed by atoms with Crippen LogP contribution in [0.3, 0.4) is 0 Å². The van der Waals surface area contributed by atoms with Crippen molar-refractivity contribution in [2.45, 2.75) is 31.2 Å². The van der Waals surface area contributed by atoms with Gasteiger partial charge in [-0.25, -0.2) is 0 Å². The molecule has 2 heterocycles. The molecule has 0 bridgehead atoms. The first-order valence-electron chi connectivity index (χ1n) is 4.20. The van der Waals surface area contributed by atoms with Crippen molar-refractivity contribution in [2.24, 2.45) is 0 Å². The minimum Gasteiger partial charge on any atom is -0.396 e. The summed E-state index contributed by atoms with van der Waals surface area (Å²) in [6, 6.07) is 0. The molecule has 2 aliphatic heterocycles. The average molecular weight is 158 g/mol. The normalized spacial score (nSPS) is 40.8. The minimum atomic E-state index is -1.13. The topological polar surface area (TPSA) is 18.5 Å². The van der Waals surface area contributed by atoms with Gasteiger partial charge < -0.3 is 8.85 Å². The fourth-order valence-electron chi connectivity index (χ4n) is 1.83. The molecule has 0 spiro atoms. The molecule has 2 saturated heterocycles. The maximum atomic E-state index is 5.60. The van der Waals surface area contributed by atoms with Crippen molar-refractivity contribution >= 4 is 9.28 Å². The molecule has 3 heteroatoms. The summed E-state index contributed by atoms with van der Waals surface area (Å²) >= 11 is 0. The van der Waals surface area contributed by atoms with Gasteiger partial charge in [-0.1, -0.05) is 0 Å². The summed E-state index contributed by atoms with van der Waals surface area (Å²) in [7, 11) is -1.13. The summed E-state index contributed by atoms with van der Waals surface area (Å²) < 4.78 is 11.2. The molecule has 58 valence electrons. The maximum Gasteiger partial charge on any atom is 0.324 e. The van der Waals surface area contributed by atoms with Gasteiger partial charge in [0, 0.05) is 13.2 Å². The third-order valence-corrected chi connectivity index (χ3v) is 4.95. The van der Waals surface area contributed by atoms with E-state index in [-0.39, 0.29) is 0 Å². The zero-order valence-electron chi connectivity index (χ0n) is 6.21. The molecule has 0 saturated carbocycles. The van der Waals surface area contributed by atoms with E-state index in [0.29, 0.717) is 0 Å². The van der Waals surface area contributed by atoms with E-state index < -0.39 is 9.28 Å². The van der Waals surface area contributed by atoms with E-state index in [1.54, 1.807) is 0 Å². The SMILES string of the molecule is C1CO[SiH]2OCCCC2C1. The number of hydrogen-bond acceptors (Lipinski definition) is 2. The van der Waals surface area contributed by atoms with Crippen LogP contribution in [-0.2, 0) is 8.85 Å². The van der Waals surface area contributed by atoms with E-state index in [2.05, 4.69) is 0 Å². The van der Waals surface area contributed by atoms with E-state index in [1.165, 1.54) is 25.7 Å². The molecule has 0 aromatic heterocycles. The van der Waals surface area contributed by atoms with E-state index in [4.69, 9.17) is 8.85 Å². The fourth-order valence-corrected chi connectivity index (χ4v) is 4.28. The summed E-state index contributed by atoms with van der Waals surface area (Å²) in [5.41, 5.74) is 0.850. The first-order chi connectivity index (χ1) is 4.97. The van der Waals surface area contributed by atoms with Gasteiger partial charge in [-0.3, -0.25) is 0 Å². The van der Waals surface area contributed by atoms with Gasteiger partial charge in [0.05, 0.1) is 0 Å². The molecular weight excluding hydrogens is 144 g/mol. The van der Waals surface area contributed by atoms with Crippen molar-refractivity contribution in [3.8, 4) is 0 Å². The maximum absolute atomic E-state index is 5.60. The van der Waals surface area contributed by atoms with Gasteiger partial charge in [0.2, 0.25) is 0 Å². The smallest absolute Gasteiger partial charge is 0.324 e. The molecule has 10 heavy (non-hydrogen) atoms. The highest BCUT2D eigenvalue weighted by atomic mass is 28.3. The zero-order valence-corrected chi connectivity index (χ0v) is 7.37. The van der Waals surface area contributed by atoms with Crippen molar-refractivity contribution in [3.05, 3.63) is 0 Å². The van der Waals surface area contributed by atoms with Crippen molar-refractivity contribution in [1.29, 1.82) is 0 Å². The molecule has 0 amide bonds. The van der Waals surface area contributed by atoms with E-state index in [1.807, 2.05) is 0 Å². The Hall–Kier alpha value is 0.137. The lowest BCUT2D eigenvalue weighted by Crippen LogP contribution is -2.36. The molecule has 0 N–H and O–H groups in total. The highest BCUT2D eigenvalue weighted by Crippen LogP contribution is 2.31. The standard InChI is InChI=1S/C7H14O2Si/c1-3-7-4-2-6-9-10(7)8-5-1/h7,10H,1-6H2. The van der Waals surface area contributed by atoms with Crippen LogP contribution in [0.4, 0.5) is 0 Å². The first-order valence-corrected chi connectivity index (χ1v) is 5.81. The lowest BCUT2D eigenvalue weighted by molar-refractivity contribution is 0.135. The Morgan fingerprint density at radius 2 is 1.60 bits per heavy atom. The Balaban J connectivity index is 1.93. The van der Waals surface area contributed by atoms with Crippen LogP contribution in [0.25, 0.3) is 0 Å². The Morgan fingerprint density at radius 1 is 1.00 bits per heavy atom. The quantitative estimate of drug-likeness (QED) is 0.493. The third kappa shape index (κ3) is 1.26. The first kappa shape index (κ1) is 6.82. The molecule has 2 rings (SSSR count). The van der Waals surface area contributed by atoms with Crippen molar-refractivity contribution < 1.29 is 8.85 Å². The lowest BCUT2D eigenvalue weighted by Gasteiger charge is -2.33. The van der Waals surface area contributed by atoms with Crippen LogP contribution in [0.1, 0.15) is 25.7 Å². The molecule has 0 radical (unpaired) electrons. The molecule has 2 fully saturated rings. The predicted molar refractivity (Wildman–Crippen MR) is 41.3 cm³/mol. The average Bonchev–Trinajstić information content (AvgIpc) is 2.05. The summed E-state index contributed by atoms with van der Waals surface area (Å²) in [6.07, 6.45) is 5.27. The molecule has 0 aromatic rings. The van der Waals surface area contributed by atoms with Crippen molar-refractivity contribution in [2.75, 3.05) is 13.2 Å². The van der Waals surface area contributed by atoms with Gasteiger partial charge in [-0.2, -0.15) is 0 Å². The fraction of sp³-hybridized carbons (Fsp3) is 1.00. The summed E-state index contributed by atoms with van der Waals surface area (Å²) in [6.45, 7) is 1.93. The highest BCUT2D eigenvalue weighted by Gasteiger charge is 2.31. The molecule has 0 atom stereocenters. The van der Waals surface area contributed by atoms with E-state index >= 15 is 0 Å². The Bertz CT molecular complexity index is 92.2. The Morgan fingerprint density at radius 3 is 2.10 bits per heavy atom. The van der Waals surface area contributed by atoms with Crippen LogP contribution >= 0.6 is 0 Å². The largest absolute Gasteiger partial charge is 0.396 e. The van der Waals surface area contributed by atoms with Crippen LogP contribution in [-0.4, -0.2) is 22.5 Å². The Kier molecular flexibility index (Phi) is 2.07. The molecule has 0 aromatic carbocycles. The van der Waals surface area contributed by atoms with Crippen LogP contribution in [0, 0.1) is 0 Å². The second-order valence-electron chi connectivity index (χ2n) is 3.15. The number of fused-ring (bicyclic) bond motifs is 1. The second kappa shape index (κ2) is 3.03. The molecule has 0 aliphatic carbocycles. The minimum absolute atomic E-state index is 0.850. The lowest BCUT2D eigenvalue weighted by atomic mass is 10.1. The Labute approximate surface area is 63.4 Å². The van der Waals surface area contributed by atoms with Gasteiger partial charge in [0.15, 0.2) is 0 Å². The monoisotopic (exact) mass is 158 g/mol. The summed E-state index contributed by atoms with van der Waals surface area (Å²) in [5.74, 6) is 0. The molecular formula is C7H14O2Si. The van der Waals surface area contributed by atoms with Crippen LogP contribution in [0.2, 0.25) is 5.54 Å². The van der Waals surface area contributed by atoms with Crippen LogP contribution < -0.4 is 0 Å². The zero-order chi connectivity index (χ0) is 6.81. The van der Waals surface area contributed by atoms with Gasteiger partial charge in [-0.15, -0.1) is 0 Å². The van der Waals surface area contributed by atoms with Crippen molar-refractivity contribution in [3.63, 3.8) is 0 Å². The number of hydrogen-bond donors (Lipinski definition) is 0.